The summed E-state index contributed by atoms with van der Waals surface area (Å²) in [7, 11) is -3.76. The number of sulfonamides is 1. The van der Waals surface area contributed by atoms with E-state index in [2.05, 4.69) is 5.32 Å². The SMILES string of the molecule is Cc1ccc(CN(C(=O)CN(c2ccccc2)S(C)(=O)=O)[C@H](Cc2ccccc2)C(=O)NC2CCCC2)cc1. The number of anilines is 1. The van der Waals surface area contributed by atoms with E-state index < -0.39 is 28.5 Å². The van der Waals surface area contributed by atoms with E-state index in [0.29, 0.717) is 12.1 Å². The summed E-state index contributed by atoms with van der Waals surface area (Å²) in [5.74, 6) is -0.649. The first-order chi connectivity index (χ1) is 18.7. The van der Waals surface area contributed by atoms with Gasteiger partial charge < -0.3 is 10.2 Å². The molecule has 1 aliphatic carbocycles. The lowest BCUT2D eigenvalue weighted by molar-refractivity contribution is -0.140. The van der Waals surface area contributed by atoms with Crippen LogP contribution in [0.1, 0.15) is 42.4 Å². The number of aryl methyl sites for hydroxylation is 1. The minimum absolute atomic E-state index is 0.0870. The van der Waals surface area contributed by atoms with Crippen LogP contribution in [0.15, 0.2) is 84.9 Å². The van der Waals surface area contributed by atoms with Crippen LogP contribution in [-0.4, -0.2) is 50.0 Å². The molecular formula is C31H37N3O4S. The topological polar surface area (TPSA) is 86.8 Å². The van der Waals surface area contributed by atoms with Crippen molar-refractivity contribution in [1.29, 1.82) is 0 Å². The molecule has 3 aromatic carbocycles. The molecule has 4 rings (SSSR count). The Bertz CT molecular complexity index is 1340. The number of rotatable bonds is 11. The monoisotopic (exact) mass is 547 g/mol. The fraction of sp³-hybridized carbons (Fsp3) is 0.355. The van der Waals surface area contributed by atoms with Gasteiger partial charge in [-0.2, -0.15) is 0 Å². The number of hydrogen-bond acceptors (Lipinski definition) is 4. The zero-order valence-electron chi connectivity index (χ0n) is 22.6. The first-order valence-electron chi connectivity index (χ1n) is 13.4. The second-order valence-electron chi connectivity index (χ2n) is 10.3. The number of nitrogens with one attached hydrogen (secondary N) is 1. The van der Waals surface area contributed by atoms with Gasteiger partial charge >= 0.3 is 0 Å². The van der Waals surface area contributed by atoms with E-state index in [1.165, 1.54) is 0 Å². The van der Waals surface area contributed by atoms with Crippen molar-refractivity contribution < 1.29 is 18.0 Å². The van der Waals surface area contributed by atoms with Crippen LogP contribution in [0.3, 0.4) is 0 Å². The van der Waals surface area contributed by atoms with E-state index in [1.807, 2.05) is 61.5 Å². The number of carbonyl (C=O) groups excluding carboxylic acids is 2. The quantitative estimate of drug-likeness (QED) is 0.384. The molecule has 1 atom stereocenters. The first-order valence-corrected chi connectivity index (χ1v) is 15.3. The van der Waals surface area contributed by atoms with Crippen LogP contribution in [-0.2, 0) is 32.6 Å². The number of carbonyl (C=O) groups is 2. The molecule has 206 valence electrons. The molecular weight excluding hydrogens is 510 g/mol. The highest BCUT2D eigenvalue weighted by molar-refractivity contribution is 7.92. The Morgan fingerprint density at radius 3 is 2.05 bits per heavy atom. The van der Waals surface area contributed by atoms with E-state index in [9.17, 15) is 18.0 Å². The van der Waals surface area contributed by atoms with E-state index in [4.69, 9.17) is 0 Å². The number of para-hydroxylation sites is 1. The average Bonchev–Trinajstić information content (AvgIpc) is 3.43. The maximum Gasteiger partial charge on any atom is 0.244 e. The summed E-state index contributed by atoms with van der Waals surface area (Å²) in [6, 6.07) is 25.3. The summed E-state index contributed by atoms with van der Waals surface area (Å²) in [6.07, 6.45) is 5.39. The molecule has 0 bridgehead atoms. The summed E-state index contributed by atoms with van der Waals surface area (Å²) < 4.78 is 26.7. The second-order valence-corrected chi connectivity index (χ2v) is 12.2. The number of nitrogens with zero attached hydrogens (tertiary/aromatic N) is 2. The summed E-state index contributed by atoms with van der Waals surface area (Å²) >= 11 is 0. The Labute approximate surface area is 231 Å². The Kier molecular flexibility index (Phi) is 9.41. The molecule has 7 nitrogen and oxygen atoms in total. The van der Waals surface area contributed by atoms with Crippen molar-refractivity contribution in [2.45, 2.75) is 57.7 Å². The van der Waals surface area contributed by atoms with E-state index in [0.717, 1.165) is 52.9 Å². The van der Waals surface area contributed by atoms with Gasteiger partial charge in [0, 0.05) is 19.0 Å². The second kappa shape index (κ2) is 12.9. The highest BCUT2D eigenvalue weighted by Crippen LogP contribution is 2.22. The molecule has 8 heteroatoms. The highest BCUT2D eigenvalue weighted by Gasteiger charge is 2.34. The molecule has 0 aliphatic heterocycles. The van der Waals surface area contributed by atoms with Gasteiger partial charge in [-0.15, -0.1) is 0 Å². The van der Waals surface area contributed by atoms with Crippen molar-refractivity contribution in [1.82, 2.24) is 10.2 Å². The lowest BCUT2D eigenvalue weighted by Gasteiger charge is -2.34. The molecule has 0 spiro atoms. The maximum absolute atomic E-state index is 14.1. The van der Waals surface area contributed by atoms with Crippen LogP contribution in [0, 0.1) is 6.92 Å². The highest BCUT2D eigenvalue weighted by atomic mass is 32.2. The molecule has 0 aromatic heterocycles. The molecule has 2 amide bonds. The summed E-state index contributed by atoms with van der Waals surface area (Å²) in [5, 5.41) is 3.18. The molecule has 1 fully saturated rings. The van der Waals surface area contributed by atoms with E-state index in [1.54, 1.807) is 35.2 Å². The Hall–Kier alpha value is -3.65. The van der Waals surface area contributed by atoms with Gasteiger partial charge in [-0.1, -0.05) is 91.2 Å². The van der Waals surface area contributed by atoms with Gasteiger partial charge in [-0.05, 0) is 43.0 Å². The lowest BCUT2D eigenvalue weighted by Crippen LogP contribution is -2.54. The third-order valence-electron chi connectivity index (χ3n) is 7.17. The smallest absolute Gasteiger partial charge is 0.244 e. The Balaban J connectivity index is 1.70. The first kappa shape index (κ1) is 28.4. The zero-order valence-corrected chi connectivity index (χ0v) is 23.4. The normalized spacial score (nSPS) is 14.5. The molecule has 1 saturated carbocycles. The van der Waals surface area contributed by atoms with Gasteiger partial charge in [0.15, 0.2) is 0 Å². The van der Waals surface area contributed by atoms with E-state index in [-0.39, 0.29) is 18.5 Å². The van der Waals surface area contributed by atoms with Gasteiger partial charge in [0.25, 0.3) is 0 Å². The van der Waals surface area contributed by atoms with Crippen LogP contribution < -0.4 is 9.62 Å². The van der Waals surface area contributed by atoms with Crippen molar-refractivity contribution in [2.75, 3.05) is 17.1 Å². The van der Waals surface area contributed by atoms with Crippen LogP contribution >= 0.6 is 0 Å². The molecule has 0 radical (unpaired) electrons. The van der Waals surface area contributed by atoms with Gasteiger partial charge in [0.1, 0.15) is 12.6 Å². The van der Waals surface area contributed by atoms with Gasteiger partial charge in [0.05, 0.1) is 11.9 Å². The van der Waals surface area contributed by atoms with Crippen molar-refractivity contribution in [2.24, 2.45) is 0 Å². The molecule has 0 heterocycles. The predicted octanol–water partition coefficient (Wildman–Crippen LogP) is 4.46. The number of hydrogen-bond donors (Lipinski definition) is 1. The van der Waals surface area contributed by atoms with Crippen molar-refractivity contribution in [3.05, 3.63) is 102 Å². The molecule has 0 saturated heterocycles. The lowest BCUT2D eigenvalue weighted by atomic mass is 10.0. The van der Waals surface area contributed by atoms with Gasteiger partial charge in [-0.3, -0.25) is 13.9 Å². The molecule has 0 unspecified atom stereocenters. The molecule has 39 heavy (non-hydrogen) atoms. The minimum atomic E-state index is -3.76. The van der Waals surface area contributed by atoms with Crippen molar-refractivity contribution >= 4 is 27.5 Å². The van der Waals surface area contributed by atoms with Crippen molar-refractivity contribution in [3.63, 3.8) is 0 Å². The predicted molar refractivity (Wildman–Crippen MR) is 155 cm³/mol. The summed E-state index contributed by atoms with van der Waals surface area (Å²) in [4.78, 5) is 29.4. The van der Waals surface area contributed by atoms with Crippen LogP contribution in [0.4, 0.5) is 5.69 Å². The zero-order chi connectivity index (χ0) is 27.8. The molecule has 3 aromatic rings. The van der Waals surface area contributed by atoms with Crippen LogP contribution in [0.2, 0.25) is 0 Å². The molecule has 1 aliphatic rings. The van der Waals surface area contributed by atoms with Crippen molar-refractivity contribution in [3.8, 4) is 0 Å². The van der Waals surface area contributed by atoms with E-state index >= 15 is 0 Å². The summed E-state index contributed by atoms with van der Waals surface area (Å²) in [6.45, 7) is 1.77. The number of amides is 2. The Morgan fingerprint density at radius 2 is 1.46 bits per heavy atom. The summed E-state index contributed by atoms with van der Waals surface area (Å²) in [5.41, 5.74) is 3.28. The van der Waals surface area contributed by atoms with Gasteiger partial charge in [-0.25, -0.2) is 8.42 Å². The third kappa shape index (κ3) is 7.93. The molecule has 1 N–H and O–H groups in total. The maximum atomic E-state index is 14.1. The standard InChI is InChI=1S/C31H37N3O4S/c1-24-17-19-26(20-18-24)22-33(30(35)23-34(39(2,37)38)28-15-7-4-8-16-28)29(21-25-11-5-3-6-12-25)31(36)32-27-13-9-10-14-27/h3-8,11-12,15-20,27,29H,9-10,13-14,21-23H2,1-2H3,(H,32,36)/t29-/m1/s1. The largest absolute Gasteiger partial charge is 0.352 e. The Morgan fingerprint density at radius 1 is 0.872 bits per heavy atom. The third-order valence-corrected chi connectivity index (χ3v) is 8.31. The minimum Gasteiger partial charge on any atom is -0.352 e. The fourth-order valence-electron chi connectivity index (χ4n) is 5.02. The van der Waals surface area contributed by atoms with Crippen LogP contribution in [0.5, 0.6) is 0 Å². The fourth-order valence-corrected chi connectivity index (χ4v) is 5.87. The van der Waals surface area contributed by atoms with Gasteiger partial charge in [0.2, 0.25) is 21.8 Å². The van der Waals surface area contributed by atoms with Crippen LogP contribution in [0.25, 0.3) is 0 Å². The number of benzene rings is 3. The average molecular weight is 548 g/mol.